The Morgan fingerprint density at radius 2 is 0.775 bits per heavy atom. The average molecular weight is 513 g/mol. The number of hydrogen-bond donors (Lipinski definition) is 0. The molecule has 0 aliphatic carbocycles. The first-order valence-corrected chi connectivity index (χ1v) is 13.2. The summed E-state index contributed by atoms with van der Waals surface area (Å²) in [5, 5.41) is 4.62. The molecule has 6 nitrogen and oxygen atoms in total. The highest BCUT2D eigenvalue weighted by molar-refractivity contribution is 6.23. The van der Waals surface area contributed by atoms with Crippen LogP contribution in [0.15, 0.2) is 122 Å². The largest absolute Gasteiger partial charge is 0.290 e. The molecule has 0 radical (unpaired) electrons. The molecule has 9 aromatic rings. The van der Waals surface area contributed by atoms with Gasteiger partial charge < -0.3 is 0 Å². The van der Waals surface area contributed by atoms with Gasteiger partial charge in [-0.2, -0.15) is 0 Å². The van der Waals surface area contributed by atoms with E-state index < -0.39 is 0 Å². The van der Waals surface area contributed by atoms with E-state index in [-0.39, 0.29) is 0 Å². The molecule has 0 amide bonds. The van der Waals surface area contributed by atoms with Gasteiger partial charge in [0.15, 0.2) is 11.6 Å². The van der Waals surface area contributed by atoms with E-state index in [4.69, 9.17) is 19.9 Å². The van der Waals surface area contributed by atoms with Crippen LogP contribution in [0.3, 0.4) is 0 Å². The number of nitrogens with zero attached hydrogens (tertiary/aromatic N) is 6. The Balaban J connectivity index is 1.51. The van der Waals surface area contributed by atoms with Crippen LogP contribution in [0.2, 0.25) is 0 Å². The summed E-state index contributed by atoms with van der Waals surface area (Å²) in [6.45, 7) is 0. The second-order valence-corrected chi connectivity index (χ2v) is 10.00. The quantitative estimate of drug-likeness (QED) is 0.237. The lowest BCUT2D eigenvalue weighted by molar-refractivity contribution is 1.05. The number of para-hydroxylation sites is 6. The highest BCUT2D eigenvalue weighted by Gasteiger charge is 2.22. The van der Waals surface area contributed by atoms with Crippen LogP contribution in [0.25, 0.3) is 77.3 Å². The first-order chi connectivity index (χ1) is 19.8. The molecule has 6 heteroatoms. The molecule has 0 aliphatic heterocycles. The van der Waals surface area contributed by atoms with Gasteiger partial charge in [0.1, 0.15) is 0 Å². The minimum Gasteiger partial charge on any atom is -0.290 e. The Bertz CT molecular complexity index is 2280. The molecule has 0 unspecified atom stereocenters. The molecular weight excluding hydrogens is 492 g/mol. The van der Waals surface area contributed by atoms with Crippen LogP contribution in [0.4, 0.5) is 0 Å². The van der Waals surface area contributed by atoms with E-state index >= 15 is 0 Å². The summed E-state index contributed by atoms with van der Waals surface area (Å²) in [4.78, 5) is 19.7. The van der Waals surface area contributed by atoms with Gasteiger partial charge >= 0.3 is 0 Å². The highest BCUT2D eigenvalue weighted by Crippen LogP contribution is 2.41. The normalized spacial score (nSPS) is 12.0. The molecule has 0 saturated heterocycles. The van der Waals surface area contributed by atoms with Crippen LogP contribution in [0, 0.1) is 0 Å². The summed E-state index contributed by atoms with van der Waals surface area (Å²) in [7, 11) is 0. The lowest BCUT2D eigenvalue weighted by atomic mass is 10.1. The van der Waals surface area contributed by atoms with E-state index in [1.807, 2.05) is 60.9 Å². The molecule has 0 aliphatic rings. The SMILES string of the molecule is c1ccc2nc(-n3c4ccccc4c4ccc5c6ccccc6n(-c6cnc7ccccc7n6)c5c43)cnc2c1. The van der Waals surface area contributed by atoms with Crippen molar-refractivity contribution in [1.29, 1.82) is 0 Å². The number of fused-ring (bicyclic) bond motifs is 9. The molecule has 0 fully saturated rings. The Labute approximate surface area is 227 Å². The summed E-state index contributed by atoms with van der Waals surface area (Å²) in [5.74, 6) is 1.55. The fourth-order valence-corrected chi connectivity index (χ4v) is 6.09. The second-order valence-electron chi connectivity index (χ2n) is 10.00. The maximum atomic E-state index is 5.09. The van der Waals surface area contributed by atoms with Crippen LogP contribution in [-0.2, 0) is 0 Å². The van der Waals surface area contributed by atoms with Crippen LogP contribution < -0.4 is 0 Å². The molecule has 40 heavy (non-hydrogen) atoms. The molecule has 4 aromatic heterocycles. The van der Waals surface area contributed by atoms with E-state index in [1.165, 1.54) is 0 Å². The van der Waals surface area contributed by atoms with E-state index in [2.05, 4.69) is 69.8 Å². The number of hydrogen-bond acceptors (Lipinski definition) is 4. The monoisotopic (exact) mass is 512 g/mol. The third kappa shape index (κ3) is 2.87. The van der Waals surface area contributed by atoms with Crippen molar-refractivity contribution in [3.8, 4) is 11.6 Å². The van der Waals surface area contributed by atoms with Gasteiger partial charge in [0.2, 0.25) is 0 Å². The second kappa shape index (κ2) is 7.94. The first kappa shape index (κ1) is 21.3. The first-order valence-electron chi connectivity index (χ1n) is 13.2. The van der Waals surface area contributed by atoms with Gasteiger partial charge in [0.25, 0.3) is 0 Å². The number of rotatable bonds is 2. The zero-order chi connectivity index (χ0) is 26.2. The maximum Gasteiger partial charge on any atom is 0.156 e. The molecule has 0 atom stereocenters. The van der Waals surface area contributed by atoms with E-state index in [1.54, 1.807) is 0 Å². The molecule has 0 bridgehead atoms. The maximum absolute atomic E-state index is 5.09. The van der Waals surface area contributed by atoms with Gasteiger partial charge in [-0.3, -0.25) is 19.1 Å². The van der Waals surface area contributed by atoms with Gasteiger partial charge in [-0.05, 0) is 36.4 Å². The minimum absolute atomic E-state index is 0.777. The fourth-order valence-electron chi connectivity index (χ4n) is 6.09. The van der Waals surface area contributed by atoms with Crippen molar-refractivity contribution in [2.45, 2.75) is 0 Å². The van der Waals surface area contributed by atoms with Crippen molar-refractivity contribution in [2.24, 2.45) is 0 Å². The van der Waals surface area contributed by atoms with E-state index in [0.717, 1.165) is 77.3 Å². The van der Waals surface area contributed by atoms with Crippen LogP contribution in [0.5, 0.6) is 0 Å². The molecule has 9 rings (SSSR count). The van der Waals surface area contributed by atoms with Crippen LogP contribution in [-0.4, -0.2) is 29.1 Å². The smallest absolute Gasteiger partial charge is 0.156 e. The van der Waals surface area contributed by atoms with Gasteiger partial charge in [0.05, 0.1) is 56.5 Å². The van der Waals surface area contributed by atoms with Crippen molar-refractivity contribution in [1.82, 2.24) is 29.1 Å². The Morgan fingerprint density at radius 3 is 1.25 bits per heavy atom. The third-order valence-electron chi connectivity index (χ3n) is 7.80. The van der Waals surface area contributed by atoms with Crippen molar-refractivity contribution in [3.63, 3.8) is 0 Å². The lowest BCUT2D eigenvalue weighted by Crippen LogP contribution is -2.03. The van der Waals surface area contributed by atoms with E-state index in [9.17, 15) is 0 Å². The molecule has 5 aromatic carbocycles. The topological polar surface area (TPSA) is 61.4 Å². The summed E-state index contributed by atoms with van der Waals surface area (Å²) in [6, 6.07) is 37.4. The molecule has 0 N–H and O–H groups in total. The standard InChI is InChI=1S/C34H20N6/c1-7-15-29-21(9-1)23-17-18-24-22-10-2-8-16-30(22)40(32-20-36-26-12-4-6-14-28(26)38-32)34(24)33(23)39(29)31-19-35-25-11-3-5-13-27(25)37-31/h1-20H. The summed E-state index contributed by atoms with van der Waals surface area (Å²) < 4.78 is 4.49. The van der Waals surface area contributed by atoms with Crippen LogP contribution in [0.1, 0.15) is 0 Å². The predicted octanol–water partition coefficient (Wildman–Crippen LogP) is 7.77. The number of benzene rings is 5. The fraction of sp³-hybridized carbons (Fsp3) is 0. The average Bonchev–Trinajstić information content (AvgIpc) is 3.54. The van der Waals surface area contributed by atoms with Crippen molar-refractivity contribution >= 4 is 65.7 Å². The Hall–Kier alpha value is -5.62. The molecule has 186 valence electrons. The molecule has 4 heterocycles. The van der Waals surface area contributed by atoms with E-state index in [0.29, 0.717) is 0 Å². The third-order valence-corrected chi connectivity index (χ3v) is 7.80. The van der Waals surface area contributed by atoms with Crippen LogP contribution >= 0.6 is 0 Å². The molecular formula is C34H20N6. The van der Waals surface area contributed by atoms with Crippen molar-refractivity contribution in [3.05, 3.63) is 122 Å². The molecule has 0 spiro atoms. The van der Waals surface area contributed by atoms with Gasteiger partial charge in [-0.25, -0.2) is 9.97 Å². The van der Waals surface area contributed by atoms with Gasteiger partial charge in [-0.15, -0.1) is 0 Å². The van der Waals surface area contributed by atoms with Crippen molar-refractivity contribution in [2.75, 3.05) is 0 Å². The Kier molecular flexibility index (Phi) is 4.24. The predicted molar refractivity (Wildman–Crippen MR) is 161 cm³/mol. The number of aromatic nitrogens is 6. The van der Waals surface area contributed by atoms with Gasteiger partial charge in [0, 0.05) is 21.5 Å². The van der Waals surface area contributed by atoms with Crippen molar-refractivity contribution < 1.29 is 0 Å². The summed E-state index contributed by atoms with van der Waals surface area (Å²) in [6.07, 6.45) is 3.74. The summed E-state index contributed by atoms with van der Waals surface area (Å²) >= 11 is 0. The zero-order valence-corrected chi connectivity index (χ0v) is 21.2. The lowest BCUT2D eigenvalue weighted by Gasteiger charge is -2.12. The molecule has 0 saturated carbocycles. The minimum atomic E-state index is 0.777. The zero-order valence-electron chi connectivity index (χ0n) is 21.2. The summed E-state index contributed by atoms with van der Waals surface area (Å²) in [5.41, 5.74) is 7.75. The highest BCUT2D eigenvalue weighted by atomic mass is 15.1. The van der Waals surface area contributed by atoms with Gasteiger partial charge in [-0.1, -0.05) is 72.8 Å². The Morgan fingerprint density at radius 1 is 0.375 bits per heavy atom.